The van der Waals surface area contributed by atoms with Crippen LogP contribution >= 0.6 is 11.8 Å². The van der Waals surface area contributed by atoms with E-state index in [1.807, 2.05) is 25.3 Å². The van der Waals surface area contributed by atoms with Crippen LogP contribution in [-0.2, 0) is 6.54 Å². The van der Waals surface area contributed by atoms with Gasteiger partial charge in [0.05, 0.1) is 11.4 Å². The second-order valence-electron chi connectivity index (χ2n) is 5.87. The number of hydrogen-bond donors (Lipinski definition) is 0. The molecule has 0 atom stereocenters. The Hall–Kier alpha value is -2.40. The normalized spacial score (nSPS) is 13.3. The molecule has 2 aromatic heterocycles. The standard InChI is InChI=1S/C19H17N3OS/c1-12-11-14(7-9-20-12)18-17(13-3-5-15(24-2)6-4-13)21-19-16(23)8-10-22(18)19/h3-7,9,11H,8,10H2,1-2H3. The largest absolute Gasteiger partial charge is 0.321 e. The highest BCUT2D eigenvalue weighted by molar-refractivity contribution is 7.98. The number of nitrogens with zero attached hydrogens (tertiary/aromatic N) is 3. The van der Waals surface area contributed by atoms with Gasteiger partial charge in [-0.1, -0.05) is 12.1 Å². The molecule has 1 aromatic carbocycles. The average Bonchev–Trinajstić information content (AvgIpc) is 3.15. The number of Topliss-reactive ketones (excluding diaryl/α,β-unsaturated/α-hetero) is 1. The zero-order valence-corrected chi connectivity index (χ0v) is 14.4. The molecule has 0 fully saturated rings. The molecule has 0 amide bonds. The van der Waals surface area contributed by atoms with Crippen molar-refractivity contribution < 1.29 is 4.79 Å². The number of hydrogen-bond acceptors (Lipinski definition) is 4. The summed E-state index contributed by atoms with van der Waals surface area (Å²) in [4.78, 5) is 22.3. The number of benzene rings is 1. The van der Waals surface area contributed by atoms with Gasteiger partial charge in [0.2, 0.25) is 0 Å². The molecule has 0 unspecified atom stereocenters. The van der Waals surface area contributed by atoms with Crippen LogP contribution in [0.1, 0.15) is 22.7 Å². The van der Waals surface area contributed by atoms with Gasteiger partial charge in [0.25, 0.3) is 0 Å². The van der Waals surface area contributed by atoms with Crippen LogP contribution in [0.4, 0.5) is 0 Å². The fourth-order valence-corrected chi connectivity index (χ4v) is 3.55. The first-order chi connectivity index (χ1) is 11.7. The summed E-state index contributed by atoms with van der Waals surface area (Å²) in [5, 5.41) is 0. The van der Waals surface area contributed by atoms with Crippen molar-refractivity contribution in [1.29, 1.82) is 0 Å². The smallest absolute Gasteiger partial charge is 0.200 e. The summed E-state index contributed by atoms with van der Waals surface area (Å²) in [6.07, 6.45) is 4.40. The molecule has 0 spiro atoms. The Balaban J connectivity index is 1.93. The van der Waals surface area contributed by atoms with E-state index >= 15 is 0 Å². The van der Waals surface area contributed by atoms with Crippen LogP contribution in [0.3, 0.4) is 0 Å². The number of carbonyl (C=O) groups excluding carboxylic acids is 1. The summed E-state index contributed by atoms with van der Waals surface area (Å²) in [7, 11) is 0. The molecule has 0 N–H and O–H groups in total. The van der Waals surface area contributed by atoms with E-state index in [0.29, 0.717) is 18.8 Å². The van der Waals surface area contributed by atoms with Crippen molar-refractivity contribution in [3.05, 3.63) is 54.1 Å². The molecule has 3 heterocycles. The molecular formula is C19H17N3OS. The second kappa shape index (κ2) is 5.91. The van der Waals surface area contributed by atoms with E-state index in [1.54, 1.807) is 11.8 Å². The molecule has 3 aromatic rings. The van der Waals surface area contributed by atoms with E-state index in [1.165, 1.54) is 4.90 Å². The van der Waals surface area contributed by atoms with E-state index in [9.17, 15) is 4.79 Å². The Morgan fingerprint density at radius 2 is 1.92 bits per heavy atom. The van der Waals surface area contributed by atoms with Gasteiger partial charge in [-0.05, 0) is 37.4 Å². The number of ketones is 1. The van der Waals surface area contributed by atoms with Gasteiger partial charge in [-0.15, -0.1) is 11.8 Å². The topological polar surface area (TPSA) is 47.8 Å². The number of imidazole rings is 1. The quantitative estimate of drug-likeness (QED) is 0.672. The maximum Gasteiger partial charge on any atom is 0.200 e. The summed E-state index contributed by atoms with van der Waals surface area (Å²) in [6, 6.07) is 12.4. The molecule has 1 aliphatic rings. The van der Waals surface area contributed by atoms with Crippen molar-refractivity contribution in [2.24, 2.45) is 0 Å². The van der Waals surface area contributed by atoms with Crippen LogP contribution in [0, 0.1) is 6.92 Å². The monoisotopic (exact) mass is 335 g/mol. The molecule has 0 aliphatic carbocycles. The molecule has 4 rings (SSSR count). The minimum absolute atomic E-state index is 0.119. The summed E-state index contributed by atoms with van der Waals surface area (Å²) >= 11 is 1.71. The maximum absolute atomic E-state index is 12.2. The first-order valence-electron chi connectivity index (χ1n) is 7.88. The molecule has 120 valence electrons. The van der Waals surface area contributed by atoms with Crippen molar-refractivity contribution in [3.63, 3.8) is 0 Å². The third-order valence-electron chi connectivity index (χ3n) is 4.31. The van der Waals surface area contributed by atoms with Gasteiger partial charge in [-0.3, -0.25) is 9.78 Å². The SMILES string of the molecule is CSc1ccc(-c2nc3n(c2-c2ccnc(C)c2)CCC3=O)cc1. The predicted octanol–water partition coefficient (Wildman–Crippen LogP) is 4.23. The van der Waals surface area contributed by atoms with E-state index < -0.39 is 0 Å². The lowest BCUT2D eigenvalue weighted by Crippen LogP contribution is -1.97. The van der Waals surface area contributed by atoms with Gasteiger partial charge in [0.1, 0.15) is 0 Å². The summed E-state index contributed by atoms with van der Waals surface area (Å²) in [5.41, 5.74) is 4.93. The molecule has 5 heteroatoms. The first-order valence-corrected chi connectivity index (χ1v) is 9.11. The van der Waals surface area contributed by atoms with Crippen molar-refractivity contribution in [3.8, 4) is 22.5 Å². The minimum atomic E-state index is 0.119. The number of rotatable bonds is 3. The van der Waals surface area contributed by atoms with Gasteiger partial charge < -0.3 is 4.57 Å². The molecule has 24 heavy (non-hydrogen) atoms. The Bertz CT molecular complexity index is 928. The van der Waals surface area contributed by atoms with Gasteiger partial charge in [0.15, 0.2) is 11.6 Å². The van der Waals surface area contributed by atoms with Crippen molar-refractivity contribution in [1.82, 2.24) is 14.5 Å². The zero-order valence-electron chi connectivity index (χ0n) is 13.6. The predicted molar refractivity (Wildman–Crippen MR) is 96.4 cm³/mol. The first kappa shape index (κ1) is 15.1. The lowest BCUT2D eigenvalue weighted by Gasteiger charge is -2.09. The van der Waals surface area contributed by atoms with Gasteiger partial charge in [-0.2, -0.15) is 0 Å². The fourth-order valence-electron chi connectivity index (χ4n) is 3.14. The summed E-state index contributed by atoms with van der Waals surface area (Å²) < 4.78 is 2.05. The van der Waals surface area contributed by atoms with Crippen LogP contribution < -0.4 is 0 Å². The van der Waals surface area contributed by atoms with E-state index in [-0.39, 0.29) is 5.78 Å². The minimum Gasteiger partial charge on any atom is -0.321 e. The molecule has 1 aliphatic heterocycles. The Labute approximate surface area is 145 Å². The summed E-state index contributed by atoms with van der Waals surface area (Å²) in [6.45, 7) is 2.67. The maximum atomic E-state index is 12.2. The van der Waals surface area contributed by atoms with Gasteiger partial charge in [0, 0.05) is 40.9 Å². The number of fused-ring (bicyclic) bond motifs is 1. The molecule has 0 bridgehead atoms. The van der Waals surface area contributed by atoms with Crippen LogP contribution in [0.25, 0.3) is 22.5 Å². The second-order valence-corrected chi connectivity index (χ2v) is 6.75. The van der Waals surface area contributed by atoms with Crippen molar-refractivity contribution in [2.75, 3.05) is 6.26 Å². The van der Waals surface area contributed by atoms with Crippen LogP contribution in [0.15, 0.2) is 47.5 Å². The van der Waals surface area contributed by atoms with E-state index in [0.717, 1.165) is 28.2 Å². The highest BCUT2D eigenvalue weighted by atomic mass is 32.2. The van der Waals surface area contributed by atoms with E-state index in [2.05, 4.69) is 45.1 Å². The zero-order chi connectivity index (χ0) is 16.7. The number of aryl methyl sites for hydroxylation is 1. The van der Waals surface area contributed by atoms with Crippen molar-refractivity contribution in [2.45, 2.75) is 24.8 Å². The molecule has 4 nitrogen and oxygen atoms in total. The fraction of sp³-hybridized carbons (Fsp3) is 0.211. The number of aromatic nitrogens is 3. The Kier molecular flexibility index (Phi) is 3.73. The number of pyridine rings is 1. The molecular weight excluding hydrogens is 318 g/mol. The number of thioether (sulfide) groups is 1. The van der Waals surface area contributed by atoms with Gasteiger partial charge in [-0.25, -0.2) is 4.98 Å². The van der Waals surface area contributed by atoms with E-state index in [4.69, 9.17) is 0 Å². The highest BCUT2D eigenvalue weighted by Gasteiger charge is 2.28. The average molecular weight is 335 g/mol. The number of carbonyl (C=O) groups is 1. The summed E-state index contributed by atoms with van der Waals surface area (Å²) in [5.74, 6) is 0.692. The molecule has 0 saturated heterocycles. The lowest BCUT2D eigenvalue weighted by molar-refractivity contribution is 0.0990. The Morgan fingerprint density at radius 3 is 2.62 bits per heavy atom. The van der Waals surface area contributed by atoms with Crippen LogP contribution in [-0.4, -0.2) is 26.6 Å². The highest BCUT2D eigenvalue weighted by Crippen LogP contribution is 2.36. The Morgan fingerprint density at radius 1 is 1.12 bits per heavy atom. The van der Waals surface area contributed by atoms with Crippen LogP contribution in [0.5, 0.6) is 0 Å². The molecule has 0 radical (unpaired) electrons. The third-order valence-corrected chi connectivity index (χ3v) is 5.06. The van der Waals surface area contributed by atoms with Crippen molar-refractivity contribution >= 4 is 17.5 Å². The third kappa shape index (κ3) is 2.45. The van der Waals surface area contributed by atoms with Gasteiger partial charge >= 0.3 is 0 Å². The lowest BCUT2D eigenvalue weighted by atomic mass is 10.0. The molecule has 0 saturated carbocycles. The van der Waals surface area contributed by atoms with Crippen LogP contribution in [0.2, 0.25) is 0 Å².